The normalized spacial score (nSPS) is 10.8. The third-order valence-corrected chi connectivity index (χ3v) is 3.64. The van der Waals surface area contributed by atoms with E-state index >= 15 is 0 Å². The van der Waals surface area contributed by atoms with Gasteiger partial charge in [0.05, 0.1) is 6.61 Å². The topological polar surface area (TPSA) is 67.8 Å². The molecule has 0 saturated heterocycles. The average Bonchev–Trinajstić information content (AvgIpc) is 2.64. The number of aromatic nitrogens is 1. The summed E-state index contributed by atoms with van der Waals surface area (Å²) in [7, 11) is 3.38. The number of halogens is 2. The van der Waals surface area contributed by atoms with Crippen LogP contribution < -0.4 is 15.4 Å². The average molecular weight is 491 g/mol. The Morgan fingerprint density at radius 1 is 1.04 bits per heavy atom. The van der Waals surface area contributed by atoms with Crippen LogP contribution >= 0.6 is 35.6 Å². The Labute approximate surface area is 176 Å². The first-order valence-corrected chi connectivity index (χ1v) is 8.34. The molecular weight excluding hydrogens is 467 g/mol. The lowest BCUT2D eigenvalue weighted by atomic mass is 10.2. The maximum absolute atomic E-state index is 5.89. The first-order valence-electron chi connectivity index (χ1n) is 7.97. The largest absolute Gasteiger partial charge is 0.475 e. The number of methoxy groups -OCH3 is 1. The summed E-state index contributed by atoms with van der Waals surface area (Å²) in [5.41, 5.74) is 2.17. The molecule has 8 heteroatoms. The Morgan fingerprint density at radius 2 is 1.69 bits per heavy atom. The SMILES string of the molecule is CN=C(NCc1ccc(Cl)cc1)NCc1ccc(OCCOC)nc1.I. The predicted octanol–water partition coefficient (Wildman–Crippen LogP) is 3.24. The van der Waals surface area contributed by atoms with Gasteiger partial charge in [0.15, 0.2) is 5.96 Å². The summed E-state index contributed by atoms with van der Waals surface area (Å²) < 4.78 is 10.4. The van der Waals surface area contributed by atoms with Gasteiger partial charge in [-0.1, -0.05) is 29.8 Å². The molecule has 0 bridgehead atoms. The Bertz CT molecular complexity index is 666. The second-order valence-corrected chi connectivity index (χ2v) is 5.69. The highest BCUT2D eigenvalue weighted by molar-refractivity contribution is 14.0. The van der Waals surface area contributed by atoms with Crippen molar-refractivity contribution in [3.63, 3.8) is 0 Å². The monoisotopic (exact) mass is 490 g/mol. The minimum atomic E-state index is 0. The van der Waals surface area contributed by atoms with Gasteiger partial charge in [0.2, 0.25) is 5.88 Å². The predicted molar refractivity (Wildman–Crippen MR) is 116 cm³/mol. The summed E-state index contributed by atoms with van der Waals surface area (Å²) >= 11 is 5.89. The summed E-state index contributed by atoms with van der Waals surface area (Å²) in [5.74, 6) is 1.31. The molecule has 2 rings (SSSR count). The number of hydrogen-bond donors (Lipinski definition) is 2. The van der Waals surface area contributed by atoms with Crippen LogP contribution in [0, 0.1) is 0 Å². The molecule has 0 aliphatic rings. The number of rotatable bonds is 8. The zero-order valence-electron chi connectivity index (χ0n) is 14.9. The highest BCUT2D eigenvalue weighted by Gasteiger charge is 2.01. The van der Waals surface area contributed by atoms with Gasteiger partial charge in [-0.25, -0.2) is 4.98 Å². The highest BCUT2D eigenvalue weighted by atomic mass is 127. The van der Waals surface area contributed by atoms with Crippen LogP contribution in [0.5, 0.6) is 5.88 Å². The number of hydrogen-bond acceptors (Lipinski definition) is 4. The molecular formula is C18H24ClIN4O2. The van der Waals surface area contributed by atoms with Crippen molar-refractivity contribution in [2.24, 2.45) is 4.99 Å². The summed E-state index contributed by atoms with van der Waals surface area (Å²) in [6.45, 7) is 2.32. The number of nitrogens with one attached hydrogen (secondary N) is 2. The number of ether oxygens (including phenoxy) is 2. The van der Waals surface area contributed by atoms with Crippen LogP contribution in [0.25, 0.3) is 0 Å². The molecule has 0 amide bonds. The summed E-state index contributed by atoms with van der Waals surface area (Å²) in [4.78, 5) is 8.48. The molecule has 2 N–H and O–H groups in total. The fourth-order valence-corrected chi connectivity index (χ4v) is 2.15. The van der Waals surface area contributed by atoms with E-state index in [0.29, 0.717) is 32.2 Å². The van der Waals surface area contributed by atoms with Gasteiger partial charge >= 0.3 is 0 Å². The lowest BCUT2D eigenvalue weighted by molar-refractivity contribution is 0.143. The molecule has 1 aromatic heterocycles. The minimum Gasteiger partial charge on any atom is -0.475 e. The van der Waals surface area contributed by atoms with Gasteiger partial charge in [0.25, 0.3) is 0 Å². The van der Waals surface area contributed by atoms with Crippen LogP contribution in [0.15, 0.2) is 47.6 Å². The minimum absolute atomic E-state index is 0. The third-order valence-electron chi connectivity index (χ3n) is 3.39. The molecule has 0 unspecified atom stereocenters. The van der Waals surface area contributed by atoms with Gasteiger partial charge < -0.3 is 20.1 Å². The van der Waals surface area contributed by atoms with Crippen molar-refractivity contribution in [3.8, 4) is 5.88 Å². The zero-order valence-corrected chi connectivity index (χ0v) is 18.0. The molecule has 0 atom stereocenters. The van der Waals surface area contributed by atoms with Crippen molar-refractivity contribution >= 4 is 41.5 Å². The molecule has 1 aromatic carbocycles. The molecule has 0 fully saturated rings. The fourth-order valence-electron chi connectivity index (χ4n) is 2.02. The molecule has 1 heterocycles. The standard InChI is InChI=1S/C18H23ClN4O2.HI/c1-20-18(22-11-14-3-6-16(19)7-4-14)23-13-15-5-8-17(21-12-15)25-10-9-24-2;/h3-8,12H,9-11,13H2,1-2H3,(H2,20,22,23);1H. The van der Waals surface area contributed by atoms with Gasteiger partial charge in [-0.3, -0.25) is 4.99 Å². The van der Waals surface area contributed by atoms with E-state index in [9.17, 15) is 0 Å². The van der Waals surface area contributed by atoms with E-state index in [1.807, 2.05) is 36.4 Å². The van der Waals surface area contributed by atoms with Crippen LogP contribution in [0.3, 0.4) is 0 Å². The lowest BCUT2D eigenvalue weighted by Crippen LogP contribution is -2.36. The molecule has 0 radical (unpaired) electrons. The number of benzene rings is 1. The van der Waals surface area contributed by atoms with Crippen molar-refractivity contribution < 1.29 is 9.47 Å². The van der Waals surface area contributed by atoms with E-state index in [1.54, 1.807) is 20.4 Å². The number of nitrogens with zero attached hydrogens (tertiary/aromatic N) is 2. The summed E-state index contributed by atoms with van der Waals surface area (Å²) in [6.07, 6.45) is 1.78. The Hall–Kier alpha value is -1.58. The quantitative estimate of drug-likeness (QED) is 0.257. The van der Waals surface area contributed by atoms with Gasteiger partial charge in [-0.05, 0) is 23.3 Å². The van der Waals surface area contributed by atoms with Crippen molar-refractivity contribution in [1.82, 2.24) is 15.6 Å². The Kier molecular flexibility index (Phi) is 11.0. The Balaban J connectivity index is 0.00000338. The van der Waals surface area contributed by atoms with E-state index in [2.05, 4.69) is 20.6 Å². The second-order valence-electron chi connectivity index (χ2n) is 5.25. The molecule has 0 saturated carbocycles. The second kappa shape index (κ2) is 12.7. The maximum atomic E-state index is 5.89. The van der Waals surface area contributed by atoms with Gasteiger partial charge in [-0.2, -0.15) is 0 Å². The molecule has 2 aromatic rings. The first-order chi connectivity index (χ1) is 12.2. The third kappa shape index (κ3) is 8.20. The number of pyridine rings is 1. The van der Waals surface area contributed by atoms with Crippen LogP contribution in [-0.4, -0.2) is 38.3 Å². The van der Waals surface area contributed by atoms with Crippen molar-refractivity contribution in [1.29, 1.82) is 0 Å². The van der Waals surface area contributed by atoms with Gasteiger partial charge in [-0.15, -0.1) is 24.0 Å². The molecule has 26 heavy (non-hydrogen) atoms. The smallest absolute Gasteiger partial charge is 0.213 e. The van der Waals surface area contributed by atoms with Crippen molar-refractivity contribution in [3.05, 3.63) is 58.7 Å². The molecule has 142 valence electrons. The maximum Gasteiger partial charge on any atom is 0.213 e. The zero-order chi connectivity index (χ0) is 17.9. The number of guanidine groups is 1. The molecule has 6 nitrogen and oxygen atoms in total. The first kappa shape index (κ1) is 22.5. The molecule has 0 aliphatic carbocycles. The van der Waals surface area contributed by atoms with Crippen LogP contribution in [0.1, 0.15) is 11.1 Å². The van der Waals surface area contributed by atoms with Gasteiger partial charge in [0.1, 0.15) is 6.61 Å². The molecule has 0 aliphatic heterocycles. The van der Waals surface area contributed by atoms with E-state index < -0.39 is 0 Å². The van der Waals surface area contributed by atoms with Crippen LogP contribution in [-0.2, 0) is 17.8 Å². The van der Waals surface area contributed by atoms with Gasteiger partial charge in [0, 0.05) is 44.5 Å². The van der Waals surface area contributed by atoms with E-state index in [0.717, 1.165) is 22.1 Å². The van der Waals surface area contributed by atoms with Crippen LogP contribution in [0.2, 0.25) is 5.02 Å². The van der Waals surface area contributed by atoms with E-state index in [1.165, 1.54) is 0 Å². The summed E-state index contributed by atoms with van der Waals surface area (Å²) in [5, 5.41) is 7.24. The highest BCUT2D eigenvalue weighted by Crippen LogP contribution is 2.09. The van der Waals surface area contributed by atoms with Crippen molar-refractivity contribution in [2.45, 2.75) is 13.1 Å². The fraction of sp³-hybridized carbons (Fsp3) is 0.333. The van der Waals surface area contributed by atoms with E-state index in [-0.39, 0.29) is 24.0 Å². The number of aliphatic imine (C=N–C) groups is 1. The van der Waals surface area contributed by atoms with E-state index in [4.69, 9.17) is 21.1 Å². The van der Waals surface area contributed by atoms with Crippen LogP contribution in [0.4, 0.5) is 0 Å². The lowest BCUT2D eigenvalue weighted by Gasteiger charge is -2.12. The molecule has 0 spiro atoms. The Morgan fingerprint density at radius 3 is 2.27 bits per heavy atom. The summed E-state index contributed by atoms with van der Waals surface area (Å²) in [6, 6.07) is 11.5. The van der Waals surface area contributed by atoms with Crippen molar-refractivity contribution in [2.75, 3.05) is 27.4 Å².